The fraction of sp³-hybridized carbons (Fsp3) is 0.0732. The Morgan fingerprint density at radius 3 is 1.42 bits per heavy atom. The lowest BCUT2D eigenvalue weighted by Gasteiger charge is -2.08. The number of sulfone groups is 1. The van der Waals surface area contributed by atoms with Crippen molar-refractivity contribution in [3.63, 3.8) is 0 Å². The molecule has 0 spiro atoms. The maximum Gasteiger partial charge on any atom is 0.177 e. The minimum atomic E-state index is -3.33. The summed E-state index contributed by atoms with van der Waals surface area (Å²) in [4.78, 5) is 17.6. The molecule has 2 aromatic carbocycles. The summed E-state index contributed by atoms with van der Waals surface area (Å²) in [6.07, 6.45) is 7.57. The van der Waals surface area contributed by atoms with Gasteiger partial charge in [-0.1, -0.05) is 48.5 Å². The predicted molar refractivity (Wildman–Crippen MR) is 209 cm³/mol. The van der Waals surface area contributed by atoms with Crippen molar-refractivity contribution in [2.24, 2.45) is 0 Å². The molecule has 55 heavy (non-hydrogen) atoms. The van der Waals surface area contributed by atoms with Crippen molar-refractivity contribution < 1.29 is 17.2 Å². The van der Waals surface area contributed by atoms with E-state index in [2.05, 4.69) is 46.1 Å². The number of halogens is 3. The lowest BCUT2D eigenvalue weighted by Crippen LogP contribution is -2.06. The smallest absolute Gasteiger partial charge is 0.177 e. The number of hydrogen-bond donors (Lipinski definition) is 0. The quantitative estimate of drug-likeness (QED) is 0.142. The summed E-state index contributed by atoms with van der Waals surface area (Å²) in [5.41, 5.74) is 6.58. The highest BCUT2D eigenvalue weighted by atomic mass is 79.9. The van der Waals surface area contributed by atoms with Gasteiger partial charge in [0.15, 0.2) is 9.84 Å². The van der Waals surface area contributed by atoms with Gasteiger partial charge in [-0.05, 0) is 88.7 Å². The Morgan fingerprint density at radius 1 is 0.545 bits per heavy atom. The van der Waals surface area contributed by atoms with Gasteiger partial charge in [-0.3, -0.25) is 29.3 Å². The van der Waals surface area contributed by atoms with E-state index in [9.17, 15) is 17.2 Å². The maximum atomic E-state index is 14.2. The Labute approximate surface area is 324 Å². The Hall–Kier alpha value is -6.25. The summed E-state index contributed by atoms with van der Waals surface area (Å²) in [5, 5.41) is 9.24. The van der Waals surface area contributed by atoms with Crippen molar-refractivity contribution in [2.75, 3.05) is 6.26 Å². The number of aromatic nitrogens is 8. The normalized spacial score (nSPS) is 11.2. The molecule has 8 aromatic rings. The van der Waals surface area contributed by atoms with E-state index in [4.69, 9.17) is 0 Å². The molecule has 6 heterocycles. The molecule has 0 atom stereocenters. The second-order valence-electron chi connectivity index (χ2n) is 12.3. The Kier molecular flexibility index (Phi) is 11.1. The third-order valence-corrected chi connectivity index (χ3v) is 9.95. The summed E-state index contributed by atoms with van der Waals surface area (Å²) in [5.74, 6) is -0.564. The van der Waals surface area contributed by atoms with Crippen LogP contribution < -0.4 is 0 Å². The fourth-order valence-electron chi connectivity index (χ4n) is 5.62. The summed E-state index contributed by atoms with van der Waals surface area (Å²) >= 11 is 3.39. The van der Waals surface area contributed by atoms with Gasteiger partial charge in [0.05, 0.1) is 52.1 Å². The number of benzene rings is 2. The van der Waals surface area contributed by atoms with Gasteiger partial charge in [-0.15, -0.1) is 0 Å². The number of pyridine rings is 4. The lowest BCUT2D eigenvalue weighted by atomic mass is 10.2. The minimum Gasteiger partial charge on any atom is -0.258 e. The van der Waals surface area contributed by atoms with Crippen LogP contribution in [-0.2, 0) is 22.9 Å². The van der Waals surface area contributed by atoms with Crippen molar-refractivity contribution in [1.29, 1.82) is 0 Å². The summed E-state index contributed by atoms with van der Waals surface area (Å²) in [6, 6.07) is 35.1. The van der Waals surface area contributed by atoms with E-state index in [1.165, 1.54) is 24.4 Å². The fourth-order valence-corrected chi connectivity index (χ4v) is 6.41. The van der Waals surface area contributed by atoms with Gasteiger partial charge in [-0.2, -0.15) is 10.2 Å². The number of rotatable bonds is 9. The van der Waals surface area contributed by atoms with Crippen LogP contribution in [0.5, 0.6) is 0 Å². The Morgan fingerprint density at radius 2 is 1.02 bits per heavy atom. The lowest BCUT2D eigenvalue weighted by molar-refractivity contribution is 0.587. The van der Waals surface area contributed by atoms with E-state index >= 15 is 0 Å². The van der Waals surface area contributed by atoms with Gasteiger partial charge in [0, 0.05) is 46.6 Å². The molecule has 8 rings (SSSR count). The molecule has 0 unspecified atom stereocenters. The van der Waals surface area contributed by atoms with Crippen LogP contribution in [0, 0.1) is 11.6 Å². The predicted octanol–water partition coefficient (Wildman–Crippen LogP) is 8.56. The van der Waals surface area contributed by atoms with E-state index < -0.39 is 9.84 Å². The molecule has 274 valence electrons. The van der Waals surface area contributed by atoms with Crippen molar-refractivity contribution in [2.45, 2.75) is 18.0 Å². The average Bonchev–Trinajstić information content (AvgIpc) is 3.82. The van der Waals surface area contributed by atoms with E-state index in [-0.39, 0.29) is 23.1 Å². The van der Waals surface area contributed by atoms with Gasteiger partial charge in [0.2, 0.25) is 0 Å². The summed E-state index contributed by atoms with van der Waals surface area (Å²) < 4.78 is 55.9. The molecule has 0 amide bonds. The summed E-state index contributed by atoms with van der Waals surface area (Å²) in [7, 11) is -3.33. The van der Waals surface area contributed by atoms with E-state index in [0.29, 0.717) is 40.4 Å². The first-order valence-electron chi connectivity index (χ1n) is 16.9. The highest BCUT2D eigenvalue weighted by Gasteiger charge is 2.17. The van der Waals surface area contributed by atoms with Crippen LogP contribution in [0.1, 0.15) is 11.1 Å². The van der Waals surface area contributed by atoms with Gasteiger partial charge < -0.3 is 0 Å². The van der Waals surface area contributed by atoms with Crippen LogP contribution in [0.4, 0.5) is 8.78 Å². The average molecular weight is 818 g/mol. The Bertz CT molecular complexity index is 2660. The highest BCUT2D eigenvalue weighted by Crippen LogP contribution is 2.27. The van der Waals surface area contributed by atoms with Crippen LogP contribution in [0.25, 0.3) is 45.6 Å². The van der Waals surface area contributed by atoms with Crippen LogP contribution in [0.15, 0.2) is 155 Å². The molecule has 0 fully saturated rings. The first-order valence-corrected chi connectivity index (χ1v) is 19.5. The number of nitrogens with zero attached hydrogens (tertiary/aromatic N) is 8. The van der Waals surface area contributed by atoms with Gasteiger partial charge in [0.25, 0.3) is 0 Å². The Balaban J connectivity index is 0.000000170. The van der Waals surface area contributed by atoms with Gasteiger partial charge in [0.1, 0.15) is 23.0 Å². The van der Waals surface area contributed by atoms with Gasteiger partial charge in [-0.25, -0.2) is 17.2 Å². The van der Waals surface area contributed by atoms with Gasteiger partial charge >= 0.3 is 0 Å². The summed E-state index contributed by atoms with van der Waals surface area (Å²) in [6.45, 7) is 0.537. The SMILES string of the molecule is CS(=O)(=O)c1ccc(-c2cc(-c3ccccn3)n(Cc3ccccc3F)n2)nc1.Fc1ccccc1Cn1nc(-c2ccc(Br)cn2)cc1-c1ccccn1. The molecule has 6 aromatic heterocycles. The zero-order valence-corrected chi connectivity index (χ0v) is 31.6. The van der Waals surface area contributed by atoms with E-state index in [0.717, 1.165) is 33.5 Å². The zero-order chi connectivity index (χ0) is 38.4. The molecule has 14 heteroatoms. The molecular weight excluding hydrogens is 786 g/mol. The second-order valence-corrected chi connectivity index (χ2v) is 15.2. The largest absolute Gasteiger partial charge is 0.258 e. The highest BCUT2D eigenvalue weighted by molar-refractivity contribution is 9.10. The molecule has 0 bridgehead atoms. The van der Waals surface area contributed by atoms with Crippen LogP contribution in [0.2, 0.25) is 0 Å². The molecule has 0 aliphatic rings. The molecule has 0 saturated heterocycles. The molecule has 0 N–H and O–H groups in total. The standard InChI is InChI=1S/C21H17FN4O2S.C20H14BrFN4/c1-29(27,28)16-9-10-18(24-13-16)20-12-21(19-8-4-5-11-23-19)26(25-20)14-15-6-2-3-7-17(15)22;21-15-8-9-17(24-12-15)19-11-20(18-7-3-4-10-23-18)26(25-19)13-14-5-1-2-6-16(14)22/h2-13H,14H2,1H3;1-12H,13H2. The molecule has 0 saturated carbocycles. The van der Waals surface area contributed by atoms with E-state index in [1.807, 2.05) is 66.7 Å². The molecular formula is C41H31BrF2N8O2S. The van der Waals surface area contributed by atoms with Crippen LogP contribution in [-0.4, -0.2) is 54.2 Å². The van der Waals surface area contributed by atoms with Crippen molar-refractivity contribution >= 4 is 25.8 Å². The van der Waals surface area contributed by atoms with Crippen LogP contribution in [0.3, 0.4) is 0 Å². The van der Waals surface area contributed by atoms with Crippen LogP contribution >= 0.6 is 15.9 Å². The van der Waals surface area contributed by atoms with E-state index in [1.54, 1.807) is 64.4 Å². The molecule has 0 aliphatic carbocycles. The first-order chi connectivity index (χ1) is 26.6. The van der Waals surface area contributed by atoms with Crippen molar-refractivity contribution in [3.05, 3.63) is 173 Å². The maximum absolute atomic E-state index is 14.2. The topological polar surface area (TPSA) is 121 Å². The third-order valence-electron chi connectivity index (χ3n) is 8.39. The minimum absolute atomic E-state index is 0.136. The van der Waals surface area contributed by atoms with Crippen molar-refractivity contribution in [1.82, 2.24) is 39.5 Å². The second kappa shape index (κ2) is 16.4. The number of hydrogen-bond acceptors (Lipinski definition) is 8. The molecule has 10 nitrogen and oxygen atoms in total. The third kappa shape index (κ3) is 8.94. The zero-order valence-electron chi connectivity index (χ0n) is 29.2. The van der Waals surface area contributed by atoms with Crippen molar-refractivity contribution in [3.8, 4) is 45.6 Å². The first kappa shape index (κ1) is 37.1. The molecule has 0 radical (unpaired) electrons. The molecule has 0 aliphatic heterocycles. The monoisotopic (exact) mass is 816 g/mol.